The summed E-state index contributed by atoms with van der Waals surface area (Å²) in [5, 5.41) is 8.78. The van der Waals surface area contributed by atoms with Crippen LogP contribution in [0.2, 0.25) is 10.2 Å². The molecule has 5 nitrogen and oxygen atoms in total. The molecule has 0 amide bonds. The fourth-order valence-electron chi connectivity index (χ4n) is 2.64. The van der Waals surface area contributed by atoms with E-state index in [2.05, 4.69) is 38.8 Å². The number of nitrogens with one attached hydrogen (secondary N) is 2. The predicted molar refractivity (Wildman–Crippen MR) is 120 cm³/mol. The van der Waals surface area contributed by atoms with Gasteiger partial charge in [-0.3, -0.25) is 9.98 Å². The predicted octanol–water partition coefficient (Wildman–Crippen LogP) is 4.36. The first kappa shape index (κ1) is 20.8. The van der Waals surface area contributed by atoms with Crippen molar-refractivity contribution < 1.29 is 0 Å². The van der Waals surface area contributed by atoms with E-state index in [1.54, 1.807) is 7.05 Å². The number of nitrogens with zero attached hydrogens (tertiary/aromatic N) is 3. The first-order chi connectivity index (χ1) is 12.1. The highest BCUT2D eigenvalue weighted by Gasteiger charge is 2.09. The van der Waals surface area contributed by atoms with Gasteiger partial charge in [0.05, 0.1) is 17.1 Å². The summed E-state index contributed by atoms with van der Waals surface area (Å²) in [5.41, 5.74) is 3.09. The first-order valence-corrected chi connectivity index (χ1v) is 8.62. The molecule has 2 heterocycles. The largest absolute Gasteiger partial charge is 0.352 e. The van der Waals surface area contributed by atoms with E-state index in [9.17, 15) is 0 Å². The summed E-state index contributed by atoms with van der Waals surface area (Å²) in [4.78, 5) is 8.73. The molecule has 0 aliphatic carbocycles. The zero-order chi connectivity index (χ0) is 17.8. The maximum Gasteiger partial charge on any atom is 0.191 e. The molecule has 26 heavy (non-hydrogen) atoms. The maximum atomic E-state index is 6.09. The molecule has 3 rings (SSSR count). The molecular weight excluding hydrogens is 484 g/mol. The van der Waals surface area contributed by atoms with Gasteiger partial charge in [-0.15, -0.1) is 24.0 Å². The van der Waals surface area contributed by atoms with Crippen molar-refractivity contribution in [3.63, 3.8) is 0 Å². The van der Waals surface area contributed by atoms with Crippen LogP contribution in [0, 0.1) is 0 Å². The van der Waals surface area contributed by atoms with Crippen molar-refractivity contribution >= 4 is 64.0 Å². The molecule has 1 aromatic carbocycles. The Hall–Kier alpha value is -1.51. The summed E-state index contributed by atoms with van der Waals surface area (Å²) in [6.45, 7) is 1.19. The monoisotopic (exact) mass is 503 g/mol. The molecule has 0 aliphatic rings. The van der Waals surface area contributed by atoms with Crippen LogP contribution in [0.25, 0.3) is 10.9 Å². The number of benzene rings is 1. The number of rotatable bonds is 4. The SMILES string of the molecule is CN=C(NCc1cccc2cccnc12)NCc1cc(Cl)c(Cl)n1C.I. The minimum atomic E-state index is 0. The van der Waals surface area contributed by atoms with Gasteiger partial charge >= 0.3 is 0 Å². The van der Waals surface area contributed by atoms with Gasteiger partial charge in [-0.25, -0.2) is 0 Å². The molecule has 0 aliphatic heterocycles. The fourth-order valence-corrected chi connectivity index (χ4v) is 3.06. The molecule has 0 spiro atoms. The van der Waals surface area contributed by atoms with Crippen LogP contribution in [0.15, 0.2) is 47.6 Å². The molecule has 8 heteroatoms. The minimum Gasteiger partial charge on any atom is -0.352 e. The Labute approximate surface area is 179 Å². The summed E-state index contributed by atoms with van der Waals surface area (Å²) in [6.07, 6.45) is 1.81. The maximum absolute atomic E-state index is 6.09. The molecular formula is C18H20Cl2IN5. The Bertz CT molecular complexity index is 918. The van der Waals surface area contributed by atoms with Crippen LogP contribution in [-0.2, 0) is 20.1 Å². The lowest BCUT2D eigenvalue weighted by atomic mass is 10.1. The number of aromatic nitrogens is 2. The Balaban J connectivity index is 0.00000243. The fraction of sp³-hybridized carbons (Fsp3) is 0.222. The first-order valence-electron chi connectivity index (χ1n) is 7.87. The van der Waals surface area contributed by atoms with E-state index in [1.807, 2.05) is 36.0 Å². The van der Waals surface area contributed by atoms with Crippen molar-refractivity contribution in [1.82, 2.24) is 20.2 Å². The van der Waals surface area contributed by atoms with Crippen LogP contribution in [0.5, 0.6) is 0 Å². The molecule has 2 aromatic heterocycles. The van der Waals surface area contributed by atoms with E-state index in [1.165, 1.54) is 0 Å². The Kier molecular flexibility index (Phi) is 7.55. The second-order valence-electron chi connectivity index (χ2n) is 5.61. The summed E-state index contributed by atoms with van der Waals surface area (Å²) in [6, 6.07) is 12.0. The summed E-state index contributed by atoms with van der Waals surface area (Å²) in [5.74, 6) is 0.696. The summed E-state index contributed by atoms with van der Waals surface area (Å²) >= 11 is 12.1. The van der Waals surface area contributed by atoms with Crippen LogP contribution in [-0.4, -0.2) is 22.6 Å². The van der Waals surface area contributed by atoms with Crippen molar-refractivity contribution in [2.24, 2.45) is 12.0 Å². The quantitative estimate of drug-likeness (QED) is 0.316. The zero-order valence-corrected chi connectivity index (χ0v) is 18.3. The van der Waals surface area contributed by atoms with E-state index in [-0.39, 0.29) is 24.0 Å². The standard InChI is InChI=1S/C18H19Cl2N5.HI/c1-21-18(24-11-14-9-15(19)17(20)25(14)2)23-10-13-6-3-5-12-7-4-8-22-16(12)13;/h3-9H,10-11H2,1-2H3,(H2,21,23,24);1H. The van der Waals surface area contributed by atoms with Crippen molar-refractivity contribution in [3.05, 3.63) is 64.0 Å². The Morgan fingerprint density at radius 3 is 2.58 bits per heavy atom. The molecule has 3 aromatic rings. The second kappa shape index (κ2) is 9.43. The number of halogens is 3. The van der Waals surface area contributed by atoms with Crippen molar-refractivity contribution in [2.75, 3.05) is 7.05 Å². The van der Waals surface area contributed by atoms with Gasteiger partial charge in [0, 0.05) is 37.9 Å². The lowest BCUT2D eigenvalue weighted by molar-refractivity contribution is 0.751. The van der Waals surface area contributed by atoms with Crippen molar-refractivity contribution in [2.45, 2.75) is 13.1 Å². The van der Waals surface area contributed by atoms with E-state index < -0.39 is 0 Å². The molecule has 138 valence electrons. The smallest absolute Gasteiger partial charge is 0.191 e. The number of pyridine rings is 1. The number of hydrogen-bond donors (Lipinski definition) is 2. The molecule has 0 bridgehead atoms. The topological polar surface area (TPSA) is 54.2 Å². The number of guanidine groups is 1. The van der Waals surface area contributed by atoms with Gasteiger partial charge in [0.2, 0.25) is 0 Å². The average molecular weight is 504 g/mol. The van der Waals surface area contributed by atoms with Crippen molar-refractivity contribution in [1.29, 1.82) is 0 Å². The highest BCUT2D eigenvalue weighted by molar-refractivity contribution is 14.0. The Morgan fingerprint density at radius 1 is 1.15 bits per heavy atom. The van der Waals surface area contributed by atoms with E-state index in [0.29, 0.717) is 29.2 Å². The third kappa shape index (κ3) is 4.61. The van der Waals surface area contributed by atoms with E-state index in [0.717, 1.165) is 22.2 Å². The second-order valence-corrected chi connectivity index (χ2v) is 6.37. The van der Waals surface area contributed by atoms with Crippen LogP contribution >= 0.6 is 47.2 Å². The molecule has 0 unspecified atom stereocenters. The van der Waals surface area contributed by atoms with E-state index >= 15 is 0 Å². The van der Waals surface area contributed by atoms with Gasteiger partial charge in [0.1, 0.15) is 5.15 Å². The highest BCUT2D eigenvalue weighted by Crippen LogP contribution is 2.24. The third-order valence-electron chi connectivity index (χ3n) is 4.04. The molecule has 0 radical (unpaired) electrons. The average Bonchev–Trinajstić information content (AvgIpc) is 2.89. The molecule has 0 fully saturated rings. The van der Waals surface area contributed by atoms with Crippen LogP contribution < -0.4 is 10.6 Å². The summed E-state index contributed by atoms with van der Waals surface area (Å²) < 4.78 is 1.85. The molecule has 0 saturated heterocycles. The van der Waals surface area contributed by atoms with Gasteiger partial charge in [-0.2, -0.15) is 0 Å². The zero-order valence-electron chi connectivity index (χ0n) is 14.5. The van der Waals surface area contributed by atoms with Gasteiger partial charge < -0.3 is 15.2 Å². The molecule has 0 atom stereocenters. The normalized spacial score (nSPS) is 11.3. The number of para-hydroxylation sites is 1. The van der Waals surface area contributed by atoms with Crippen molar-refractivity contribution in [3.8, 4) is 0 Å². The van der Waals surface area contributed by atoms with Gasteiger partial charge in [-0.05, 0) is 17.7 Å². The van der Waals surface area contributed by atoms with Gasteiger partial charge in [-0.1, -0.05) is 47.5 Å². The third-order valence-corrected chi connectivity index (χ3v) is 4.88. The van der Waals surface area contributed by atoms with Gasteiger partial charge in [0.25, 0.3) is 0 Å². The molecule has 2 N–H and O–H groups in total. The minimum absolute atomic E-state index is 0. The van der Waals surface area contributed by atoms with Gasteiger partial charge in [0.15, 0.2) is 5.96 Å². The highest BCUT2D eigenvalue weighted by atomic mass is 127. The van der Waals surface area contributed by atoms with Crippen LogP contribution in [0.3, 0.4) is 0 Å². The lowest BCUT2D eigenvalue weighted by Gasteiger charge is -2.13. The summed E-state index contributed by atoms with van der Waals surface area (Å²) in [7, 11) is 3.62. The molecule has 0 saturated carbocycles. The number of fused-ring (bicyclic) bond motifs is 1. The lowest BCUT2D eigenvalue weighted by Crippen LogP contribution is -2.36. The van der Waals surface area contributed by atoms with Crippen LogP contribution in [0.4, 0.5) is 0 Å². The Morgan fingerprint density at radius 2 is 1.88 bits per heavy atom. The number of hydrogen-bond acceptors (Lipinski definition) is 2. The van der Waals surface area contributed by atoms with E-state index in [4.69, 9.17) is 23.2 Å². The van der Waals surface area contributed by atoms with Crippen LogP contribution in [0.1, 0.15) is 11.3 Å². The number of aliphatic imine (C=N–C) groups is 1.